The standard InChI is InChI=1S/C12H10F3NO/c1-3-7-17-16-9(2)10-5-4-6-11(8-10)12(13,14)15/h1,4-6,8,16H,2,7H2. The van der Waals surface area contributed by atoms with Crippen molar-refractivity contribution in [1.82, 2.24) is 5.48 Å². The van der Waals surface area contributed by atoms with Crippen LogP contribution in [0.15, 0.2) is 30.8 Å². The molecule has 17 heavy (non-hydrogen) atoms. The van der Waals surface area contributed by atoms with Crippen LogP contribution in [0.25, 0.3) is 5.70 Å². The van der Waals surface area contributed by atoms with Crippen LogP contribution in [0, 0.1) is 12.3 Å². The number of benzene rings is 1. The Morgan fingerprint density at radius 3 is 2.76 bits per heavy atom. The summed E-state index contributed by atoms with van der Waals surface area (Å²) in [7, 11) is 0. The first kappa shape index (κ1) is 13.1. The van der Waals surface area contributed by atoms with E-state index in [1.165, 1.54) is 12.1 Å². The molecule has 2 nitrogen and oxygen atoms in total. The minimum absolute atomic E-state index is 0.00200. The summed E-state index contributed by atoms with van der Waals surface area (Å²) < 4.78 is 37.3. The second-order valence-corrected chi connectivity index (χ2v) is 3.15. The maximum Gasteiger partial charge on any atom is 0.416 e. The molecule has 0 aliphatic carbocycles. The van der Waals surface area contributed by atoms with Gasteiger partial charge < -0.3 is 0 Å². The van der Waals surface area contributed by atoms with Crippen LogP contribution in [0.2, 0.25) is 0 Å². The van der Waals surface area contributed by atoms with E-state index in [1.54, 1.807) is 0 Å². The molecule has 1 rings (SSSR count). The van der Waals surface area contributed by atoms with Gasteiger partial charge >= 0.3 is 6.18 Å². The molecule has 0 aliphatic rings. The zero-order chi connectivity index (χ0) is 12.9. The molecule has 1 aromatic rings. The van der Waals surface area contributed by atoms with Crippen LogP contribution in [-0.4, -0.2) is 6.61 Å². The van der Waals surface area contributed by atoms with E-state index in [-0.39, 0.29) is 17.9 Å². The van der Waals surface area contributed by atoms with E-state index in [9.17, 15) is 13.2 Å². The third kappa shape index (κ3) is 3.85. The number of alkyl halides is 3. The highest BCUT2D eigenvalue weighted by molar-refractivity contribution is 5.61. The molecule has 0 aliphatic heterocycles. The fourth-order valence-electron chi connectivity index (χ4n) is 1.11. The van der Waals surface area contributed by atoms with Crippen molar-refractivity contribution in [3.05, 3.63) is 42.0 Å². The molecule has 0 fully saturated rings. The number of halogens is 3. The molecular formula is C12H10F3NO. The van der Waals surface area contributed by atoms with Crippen molar-refractivity contribution in [1.29, 1.82) is 0 Å². The predicted molar refractivity (Wildman–Crippen MR) is 58.4 cm³/mol. The molecule has 0 saturated heterocycles. The molecule has 0 aromatic heterocycles. The number of nitrogens with one attached hydrogen (secondary N) is 1. The van der Waals surface area contributed by atoms with E-state index in [0.29, 0.717) is 0 Å². The maximum absolute atomic E-state index is 12.4. The molecule has 0 unspecified atom stereocenters. The van der Waals surface area contributed by atoms with Crippen molar-refractivity contribution in [2.45, 2.75) is 6.18 Å². The van der Waals surface area contributed by atoms with Crippen LogP contribution in [0.3, 0.4) is 0 Å². The summed E-state index contributed by atoms with van der Waals surface area (Å²) in [6, 6.07) is 4.75. The average molecular weight is 241 g/mol. The zero-order valence-corrected chi connectivity index (χ0v) is 8.84. The van der Waals surface area contributed by atoms with Crippen LogP contribution >= 0.6 is 0 Å². The first-order chi connectivity index (χ1) is 7.95. The summed E-state index contributed by atoms with van der Waals surface area (Å²) in [6.07, 6.45) is 0.562. The quantitative estimate of drug-likeness (QED) is 0.497. The minimum atomic E-state index is -4.38. The van der Waals surface area contributed by atoms with E-state index < -0.39 is 11.7 Å². The van der Waals surface area contributed by atoms with Crippen molar-refractivity contribution >= 4 is 5.70 Å². The van der Waals surface area contributed by atoms with Gasteiger partial charge in [-0.05, 0) is 17.7 Å². The van der Waals surface area contributed by atoms with Gasteiger partial charge in [0.15, 0.2) is 0 Å². The van der Waals surface area contributed by atoms with Crippen molar-refractivity contribution in [3.8, 4) is 12.3 Å². The molecule has 0 heterocycles. The monoisotopic (exact) mass is 241 g/mol. The Labute approximate surface area is 97.0 Å². The lowest BCUT2D eigenvalue weighted by Crippen LogP contribution is -2.13. The molecule has 0 bridgehead atoms. The number of rotatable bonds is 4. The van der Waals surface area contributed by atoms with Crippen LogP contribution < -0.4 is 5.48 Å². The molecule has 90 valence electrons. The largest absolute Gasteiger partial charge is 0.416 e. The van der Waals surface area contributed by atoms with E-state index in [0.717, 1.165) is 12.1 Å². The summed E-state index contributed by atoms with van der Waals surface area (Å²) in [5, 5.41) is 0. The first-order valence-corrected chi connectivity index (χ1v) is 4.63. The smallest absolute Gasteiger partial charge is 0.266 e. The van der Waals surface area contributed by atoms with E-state index >= 15 is 0 Å². The number of hydroxylamine groups is 1. The van der Waals surface area contributed by atoms with Crippen LogP contribution in [-0.2, 0) is 11.0 Å². The highest BCUT2D eigenvalue weighted by atomic mass is 19.4. The summed E-state index contributed by atoms with van der Waals surface area (Å²) in [4.78, 5) is 4.76. The predicted octanol–water partition coefficient (Wildman–Crippen LogP) is 2.83. The summed E-state index contributed by atoms with van der Waals surface area (Å²) >= 11 is 0. The van der Waals surface area contributed by atoms with Gasteiger partial charge in [0.1, 0.15) is 6.61 Å². The molecular weight excluding hydrogens is 231 g/mol. The molecule has 0 saturated carbocycles. The summed E-state index contributed by atoms with van der Waals surface area (Å²) in [6.45, 7) is 3.55. The Hall–Kier alpha value is -1.93. The lowest BCUT2D eigenvalue weighted by atomic mass is 10.1. The van der Waals surface area contributed by atoms with Crippen LogP contribution in [0.5, 0.6) is 0 Å². The highest BCUT2D eigenvalue weighted by Crippen LogP contribution is 2.30. The van der Waals surface area contributed by atoms with E-state index in [1.807, 2.05) is 0 Å². The highest BCUT2D eigenvalue weighted by Gasteiger charge is 2.30. The fraction of sp³-hybridized carbons (Fsp3) is 0.167. The SMILES string of the molecule is C#CCONC(=C)c1cccc(C(F)(F)F)c1. The third-order valence-corrected chi connectivity index (χ3v) is 1.89. The molecule has 5 heteroatoms. The fourth-order valence-corrected chi connectivity index (χ4v) is 1.11. The molecule has 0 amide bonds. The normalized spacial score (nSPS) is 10.7. The maximum atomic E-state index is 12.4. The van der Waals surface area contributed by atoms with Gasteiger partial charge in [0, 0.05) is 0 Å². The van der Waals surface area contributed by atoms with Gasteiger partial charge in [-0.15, -0.1) is 6.42 Å². The van der Waals surface area contributed by atoms with Crippen molar-refractivity contribution in [3.63, 3.8) is 0 Å². The van der Waals surface area contributed by atoms with Gasteiger partial charge in [0.05, 0.1) is 11.3 Å². The Morgan fingerprint density at radius 1 is 1.47 bits per heavy atom. The molecule has 0 radical (unpaired) electrons. The number of terminal acetylenes is 1. The molecule has 1 aromatic carbocycles. The van der Waals surface area contributed by atoms with E-state index in [2.05, 4.69) is 18.0 Å². The van der Waals surface area contributed by atoms with Crippen molar-refractivity contribution in [2.75, 3.05) is 6.61 Å². The molecule has 1 N–H and O–H groups in total. The van der Waals surface area contributed by atoms with Gasteiger partial charge in [-0.25, -0.2) is 0 Å². The lowest BCUT2D eigenvalue weighted by molar-refractivity contribution is -0.137. The van der Waals surface area contributed by atoms with Crippen molar-refractivity contribution in [2.24, 2.45) is 0 Å². The van der Waals surface area contributed by atoms with E-state index in [4.69, 9.17) is 11.3 Å². The van der Waals surface area contributed by atoms with Gasteiger partial charge in [0.2, 0.25) is 0 Å². The third-order valence-electron chi connectivity index (χ3n) is 1.89. The second kappa shape index (κ2) is 5.41. The number of hydrogen-bond donors (Lipinski definition) is 1. The van der Waals surface area contributed by atoms with Crippen LogP contribution in [0.1, 0.15) is 11.1 Å². The van der Waals surface area contributed by atoms with Crippen LogP contribution in [0.4, 0.5) is 13.2 Å². The molecule has 0 spiro atoms. The zero-order valence-electron chi connectivity index (χ0n) is 8.84. The summed E-state index contributed by atoms with van der Waals surface area (Å²) in [5.74, 6) is 2.20. The van der Waals surface area contributed by atoms with Gasteiger partial charge in [-0.1, -0.05) is 24.6 Å². The van der Waals surface area contributed by atoms with Gasteiger partial charge in [0.25, 0.3) is 0 Å². The first-order valence-electron chi connectivity index (χ1n) is 4.63. The van der Waals surface area contributed by atoms with Gasteiger partial charge in [-0.2, -0.15) is 13.2 Å². The minimum Gasteiger partial charge on any atom is -0.266 e. The molecule has 0 atom stereocenters. The van der Waals surface area contributed by atoms with Gasteiger partial charge in [-0.3, -0.25) is 10.3 Å². The summed E-state index contributed by atoms with van der Waals surface area (Å²) in [5.41, 5.74) is 2.14. The number of hydrogen-bond acceptors (Lipinski definition) is 2. The lowest BCUT2D eigenvalue weighted by Gasteiger charge is -2.11. The topological polar surface area (TPSA) is 21.3 Å². The Balaban J connectivity index is 2.79. The Bertz CT molecular complexity index is 446. The Morgan fingerprint density at radius 2 is 2.18 bits per heavy atom. The Kier molecular flexibility index (Phi) is 4.18. The second-order valence-electron chi connectivity index (χ2n) is 3.15. The van der Waals surface area contributed by atoms with Crippen molar-refractivity contribution < 1.29 is 18.0 Å². The average Bonchev–Trinajstić information content (AvgIpc) is 2.28.